The van der Waals surface area contributed by atoms with Crippen molar-refractivity contribution in [2.75, 3.05) is 7.11 Å². The third-order valence-corrected chi connectivity index (χ3v) is 8.67. The molecule has 0 radical (unpaired) electrons. The highest BCUT2D eigenvalue weighted by atomic mass is 35.5. The van der Waals surface area contributed by atoms with Gasteiger partial charge in [0.25, 0.3) is 5.56 Å². The van der Waals surface area contributed by atoms with Crippen molar-refractivity contribution in [1.82, 2.24) is 15.2 Å². The zero-order chi connectivity index (χ0) is 39.1. The minimum absolute atomic E-state index is 0.0809. The quantitative estimate of drug-likeness (QED) is 0.192. The molecule has 14 heteroatoms. The lowest BCUT2D eigenvalue weighted by atomic mass is 9.77. The number of amides is 2. The molecule has 0 spiro atoms. The fraction of sp³-hybridized carbons (Fsp3) is 0.333. The van der Waals surface area contributed by atoms with Crippen molar-refractivity contribution in [2.24, 2.45) is 0 Å². The van der Waals surface area contributed by atoms with E-state index in [0.29, 0.717) is 16.1 Å². The van der Waals surface area contributed by atoms with Crippen molar-refractivity contribution in [3.05, 3.63) is 111 Å². The van der Waals surface area contributed by atoms with E-state index in [0.717, 1.165) is 10.6 Å². The monoisotopic (exact) mass is 744 g/mol. The number of carbonyl (C=O) groups is 4. The number of nitrogens with one attached hydrogen (secondary N) is 2. The summed E-state index contributed by atoms with van der Waals surface area (Å²) in [5, 5.41) is 25.6. The van der Waals surface area contributed by atoms with E-state index in [-0.39, 0.29) is 42.0 Å². The van der Waals surface area contributed by atoms with Crippen LogP contribution in [0.3, 0.4) is 0 Å². The fourth-order valence-corrected chi connectivity index (χ4v) is 6.17. The number of benzene rings is 2. The predicted molar refractivity (Wildman–Crippen MR) is 196 cm³/mol. The maximum absolute atomic E-state index is 14.3. The molecule has 0 saturated heterocycles. The largest absolute Gasteiger partial charge is 0.495 e. The molecule has 1 aliphatic rings. The Morgan fingerprint density at radius 2 is 1.75 bits per heavy atom. The lowest BCUT2D eigenvalue weighted by Crippen LogP contribution is -2.65. The second-order valence-electron chi connectivity index (χ2n) is 13.1. The van der Waals surface area contributed by atoms with Crippen molar-refractivity contribution in [2.45, 2.75) is 77.4 Å². The highest BCUT2D eigenvalue weighted by Crippen LogP contribution is 2.37. The molecule has 1 heterocycles. The number of allylic oxidation sites excluding steroid dienone is 2. The molecule has 3 N–H and O–H groups in total. The first kappa shape index (κ1) is 40.1. The first-order valence-corrected chi connectivity index (χ1v) is 17.1. The molecular formula is C39H41ClN4O9. The van der Waals surface area contributed by atoms with E-state index in [9.17, 15) is 34.3 Å². The molecule has 13 nitrogen and oxygen atoms in total. The highest BCUT2D eigenvalue weighted by molar-refractivity contribution is 6.31. The van der Waals surface area contributed by atoms with Gasteiger partial charge in [0.05, 0.1) is 42.8 Å². The number of nitrogens with zero attached hydrogens (tertiary/aromatic N) is 2. The number of ether oxygens (including phenoxy) is 3. The van der Waals surface area contributed by atoms with Gasteiger partial charge < -0.3 is 30.0 Å². The van der Waals surface area contributed by atoms with Gasteiger partial charge in [0, 0.05) is 28.6 Å². The van der Waals surface area contributed by atoms with E-state index in [2.05, 4.69) is 16.7 Å². The summed E-state index contributed by atoms with van der Waals surface area (Å²) in [7, 11) is 1.37. The number of hydrogen-bond acceptors (Lipinski definition) is 9. The molecule has 0 bridgehead atoms. The van der Waals surface area contributed by atoms with Crippen LogP contribution in [-0.4, -0.2) is 57.8 Å². The summed E-state index contributed by atoms with van der Waals surface area (Å²) in [5.41, 5.74) is -2.93. The number of carbonyl (C=O) groups excluding carboxylic acids is 3. The highest BCUT2D eigenvalue weighted by Gasteiger charge is 2.55. The summed E-state index contributed by atoms with van der Waals surface area (Å²) in [6.07, 6.45) is 2.62. The average molecular weight is 745 g/mol. The summed E-state index contributed by atoms with van der Waals surface area (Å²) in [4.78, 5) is 68.0. The zero-order valence-corrected chi connectivity index (χ0v) is 30.9. The molecule has 4 rings (SSSR count). The number of halogens is 1. The number of carboxylic acids is 1. The van der Waals surface area contributed by atoms with Gasteiger partial charge >= 0.3 is 12.1 Å². The molecule has 0 fully saturated rings. The summed E-state index contributed by atoms with van der Waals surface area (Å²) in [6, 6.07) is 13.8. The van der Waals surface area contributed by atoms with E-state index in [1.807, 2.05) is 0 Å². The van der Waals surface area contributed by atoms with Gasteiger partial charge in [-0.25, -0.2) is 9.59 Å². The number of carboxylic acid groups (broad SMARTS) is 1. The SMILES string of the molecule is CCC(=O)C1(OCc2ccccc2)C(NC(=O)C(CC)n2cc(OC)c(-c3cc(Cl)ccc3C#N)cc2=O)=CC=C(C(=O)O)[C@@H]1NC(=O)OC(C)(C)C. The van der Waals surface area contributed by atoms with Crippen LogP contribution in [0.4, 0.5) is 4.79 Å². The topological polar surface area (TPSA) is 186 Å². The summed E-state index contributed by atoms with van der Waals surface area (Å²) in [6.45, 7) is 7.85. The summed E-state index contributed by atoms with van der Waals surface area (Å²) < 4.78 is 18.6. The number of aromatic nitrogens is 1. The molecule has 1 aliphatic carbocycles. The van der Waals surface area contributed by atoms with Crippen molar-refractivity contribution < 1.29 is 38.5 Å². The standard InChI is InChI=1S/C39H41ClN4O9/c1-7-29(44-21-30(51-6)28(19-33(44)46)27-18-25(40)15-14-24(27)20-41)35(47)42-31-17-16-26(36(48)49)34(43-37(50)53-38(3,4)5)39(31,32(45)8-2)52-22-23-12-10-9-11-13-23/h9-19,21,29,34H,7-8,22H2,1-6H3,(H,42,47)(H,43,50)(H,48,49)/t29?,34-,39?/m0/s1. The van der Waals surface area contributed by atoms with E-state index in [1.54, 1.807) is 71.0 Å². The number of alkyl carbamates (subject to hydrolysis) is 1. The molecule has 3 aromatic rings. The minimum atomic E-state index is -2.27. The number of hydrogen-bond donors (Lipinski definition) is 3. The first-order valence-electron chi connectivity index (χ1n) is 16.8. The van der Waals surface area contributed by atoms with Crippen LogP contribution in [-0.2, 0) is 30.5 Å². The van der Waals surface area contributed by atoms with Crippen LogP contribution >= 0.6 is 11.6 Å². The van der Waals surface area contributed by atoms with Crippen molar-refractivity contribution in [3.8, 4) is 22.9 Å². The third-order valence-electron chi connectivity index (χ3n) is 8.44. The van der Waals surface area contributed by atoms with Crippen LogP contribution in [0.15, 0.2) is 89.0 Å². The average Bonchev–Trinajstić information content (AvgIpc) is 3.11. The van der Waals surface area contributed by atoms with E-state index >= 15 is 0 Å². The number of aliphatic carboxylic acids is 1. The number of Topliss-reactive ketones (excluding diaryl/α,β-unsaturated/α-hetero) is 1. The zero-order valence-electron chi connectivity index (χ0n) is 30.2. The Kier molecular flexibility index (Phi) is 12.7. The minimum Gasteiger partial charge on any atom is -0.495 e. The molecule has 2 aromatic carbocycles. The Bertz CT molecular complexity index is 2060. The number of ketones is 1. The maximum Gasteiger partial charge on any atom is 0.408 e. The Morgan fingerprint density at radius 3 is 2.34 bits per heavy atom. The van der Waals surface area contributed by atoms with Gasteiger partial charge in [0.2, 0.25) is 5.91 Å². The number of pyridine rings is 1. The molecule has 2 amide bonds. The maximum atomic E-state index is 14.3. The fourth-order valence-electron chi connectivity index (χ4n) is 6.00. The normalized spacial score (nSPS) is 17.4. The third kappa shape index (κ3) is 8.85. The van der Waals surface area contributed by atoms with Gasteiger partial charge in [-0.05, 0) is 63.1 Å². The van der Waals surface area contributed by atoms with Gasteiger partial charge in [-0.1, -0.05) is 55.8 Å². The first-order chi connectivity index (χ1) is 25.1. The van der Waals surface area contributed by atoms with E-state index in [4.69, 9.17) is 25.8 Å². The van der Waals surface area contributed by atoms with Crippen LogP contribution < -0.4 is 20.9 Å². The van der Waals surface area contributed by atoms with Gasteiger partial charge in [-0.3, -0.25) is 19.0 Å². The lowest BCUT2D eigenvalue weighted by molar-refractivity contribution is -0.147. The number of methoxy groups -OCH3 is 1. The Morgan fingerprint density at radius 1 is 1.06 bits per heavy atom. The molecule has 53 heavy (non-hydrogen) atoms. The smallest absolute Gasteiger partial charge is 0.408 e. The van der Waals surface area contributed by atoms with Crippen LogP contribution in [0.2, 0.25) is 5.02 Å². The molecule has 0 aliphatic heterocycles. The second-order valence-corrected chi connectivity index (χ2v) is 13.5. The molecule has 2 unspecified atom stereocenters. The van der Waals surface area contributed by atoms with E-state index in [1.165, 1.54) is 37.6 Å². The summed E-state index contributed by atoms with van der Waals surface area (Å²) >= 11 is 6.21. The number of nitriles is 1. The Hall–Kier alpha value is -5.71. The van der Waals surface area contributed by atoms with Gasteiger partial charge in [0.1, 0.15) is 23.4 Å². The number of rotatable bonds is 13. The lowest BCUT2D eigenvalue weighted by Gasteiger charge is -2.43. The van der Waals surface area contributed by atoms with Crippen LogP contribution in [0, 0.1) is 11.3 Å². The Balaban J connectivity index is 1.85. The molecule has 1 aromatic heterocycles. The van der Waals surface area contributed by atoms with E-state index < -0.39 is 58.2 Å². The predicted octanol–water partition coefficient (Wildman–Crippen LogP) is 5.85. The van der Waals surface area contributed by atoms with Crippen molar-refractivity contribution in [3.63, 3.8) is 0 Å². The van der Waals surface area contributed by atoms with Gasteiger partial charge in [-0.2, -0.15) is 5.26 Å². The van der Waals surface area contributed by atoms with Gasteiger partial charge in [0.15, 0.2) is 11.4 Å². The molecule has 3 atom stereocenters. The molecule has 278 valence electrons. The molecule has 0 saturated carbocycles. The molecular weight excluding hydrogens is 704 g/mol. The summed E-state index contributed by atoms with van der Waals surface area (Å²) in [5.74, 6) is -2.69. The van der Waals surface area contributed by atoms with Crippen molar-refractivity contribution >= 4 is 35.4 Å². The van der Waals surface area contributed by atoms with Crippen LogP contribution in [0.5, 0.6) is 5.75 Å². The van der Waals surface area contributed by atoms with Crippen molar-refractivity contribution in [1.29, 1.82) is 5.26 Å². The van der Waals surface area contributed by atoms with Gasteiger partial charge in [-0.15, -0.1) is 0 Å². The second kappa shape index (κ2) is 16.8. The Labute approximate surface area is 311 Å². The van der Waals surface area contributed by atoms with Crippen LogP contribution in [0.25, 0.3) is 11.1 Å². The van der Waals surface area contributed by atoms with Crippen LogP contribution in [0.1, 0.15) is 64.6 Å².